The number of amides is 1. The van der Waals surface area contributed by atoms with E-state index in [1.54, 1.807) is 32.1 Å². The highest BCUT2D eigenvalue weighted by molar-refractivity contribution is 5.96. The third kappa shape index (κ3) is 2.61. The van der Waals surface area contributed by atoms with E-state index in [1.807, 2.05) is 12.1 Å². The summed E-state index contributed by atoms with van der Waals surface area (Å²) in [6, 6.07) is 5.39. The van der Waals surface area contributed by atoms with Crippen LogP contribution >= 0.6 is 0 Å². The van der Waals surface area contributed by atoms with Crippen molar-refractivity contribution in [3.05, 3.63) is 29.9 Å². The average molecular weight is 303 g/mol. The van der Waals surface area contributed by atoms with E-state index in [0.29, 0.717) is 36.2 Å². The van der Waals surface area contributed by atoms with Gasteiger partial charge in [-0.25, -0.2) is 0 Å². The molecule has 0 aliphatic carbocycles. The number of hydrogen-bond acceptors (Lipinski definition) is 6. The molecule has 1 amide bonds. The molecule has 1 saturated heterocycles. The van der Waals surface area contributed by atoms with E-state index in [9.17, 15) is 4.79 Å². The molecule has 7 nitrogen and oxygen atoms in total. The van der Waals surface area contributed by atoms with Crippen molar-refractivity contribution in [1.29, 1.82) is 0 Å². The maximum absolute atomic E-state index is 12.3. The predicted molar refractivity (Wildman–Crippen MR) is 78.3 cm³/mol. The first-order valence-electron chi connectivity index (χ1n) is 6.94. The van der Waals surface area contributed by atoms with Gasteiger partial charge in [0.1, 0.15) is 11.5 Å². The zero-order chi connectivity index (χ0) is 15.7. The number of aryl methyl sites for hydroxylation is 1. The highest BCUT2D eigenvalue weighted by Crippen LogP contribution is 2.34. The maximum atomic E-state index is 12.3. The van der Waals surface area contributed by atoms with Gasteiger partial charge in [0.15, 0.2) is 5.82 Å². The first kappa shape index (κ1) is 14.4. The molecule has 7 heteroatoms. The van der Waals surface area contributed by atoms with Gasteiger partial charge in [-0.15, -0.1) is 0 Å². The quantitative estimate of drug-likeness (QED) is 0.858. The largest absolute Gasteiger partial charge is 0.497 e. The highest BCUT2D eigenvalue weighted by atomic mass is 16.5. The van der Waals surface area contributed by atoms with E-state index in [-0.39, 0.29) is 11.8 Å². The van der Waals surface area contributed by atoms with Crippen molar-refractivity contribution in [2.24, 2.45) is 0 Å². The molecule has 0 spiro atoms. The summed E-state index contributed by atoms with van der Waals surface area (Å²) in [7, 11) is 3.16. The summed E-state index contributed by atoms with van der Waals surface area (Å²) in [5, 5.41) is 3.91. The summed E-state index contributed by atoms with van der Waals surface area (Å²) < 4.78 is 15.5. The van der Waals surface area contributed by atoms with Crippen molar-refractivity contribution >= 4 is 11.6 Å². The number of rotatable bonds is 4. The second-order valence-corrected chi connectivity index (χ2v) is 5.15. The molecule has 2 aromatic rings. The van der Waals surface area contributed by atoms with Crippen LogP contribution in [0.15, 0.2) is 22.7 Å². The lowest BCUT2D eigenvalue weighted by atomic mass is 10.1. The molecule has 22 heavy (non-hydrogen) atoms. The molecule has 1 unspecified atom stereocenters. The molecule has 0 N–H and O–H groups in total. The van der Waals surface area contributed by atoms with Gasteiger partial charge >= 0.3 is 0 Å². The number of methoxy groups -OCH3 is 2. The second-order valence-electron chi connectivity index (χ2n) is 5.15. The lowest BCUT2D eigenvalue weighted by molar-refractivity contribution is -0.117. The zero-order valence-electron chi connectivity index (χ0n) is 12.7. The molecule has 2 heterocycles. The van der Waals surface area contributed by atoms with Crippen molar-refractivity contribution < 1.29 is 18.8 Å². The molecule has 0 radical (unpaired) electrons. The number of carbonyl (C=O) groups is 1. The number of ether oxygens (including phenoxy) is 2. The summed E-state index contributed by atoms with van der Waals surface area (Å²) in [6.07, 6.45) is 0.360. The number of nitrogens with zero attached hydrogens (tertiary/aromatic N) is 3. The fraction of sp³-hybridized carbons (Fsp3) is 0.400. The van der Waals surface area contributed by atoms with Crippen LogP contribution in [0.4, 0.5) is 5.69 Å². The van der Waals surface area contributed by atoms with Crippen LogP contribution in [0, 0.1) is 6.92 Å². The minimum absolute atomic E-state index is 0.0164. The number of anilines is 1. The van der Waals surface area contributed by atoms with E-state index in [4.69, 9.17) is 14.0 Å². The Balaban J connectivity index is 1.87. The predicted octanol–water partition coefficient (Wildman–Crippen LogP) is 1.92. The van der Waals surface area contributed by atoms with Gasteiger partial charge in [-0.3, -0.25) is 4.79 Å². The third-order valence-electron chi connectivity index (χ3n) is 3.68. The van der Waals surface area contributed by atoms with Crippen LogP contribution in [0.1, 0.15) is 24.1 Å². The van der Waals surface area contributed by atoms with Crippen LogP contribution in [-0.2, 0) is 4.79 Å². The fourth-order valence-electron chi connectivity index (χ4n) is 2.56. The van der Waals surface area contributed by atoms with E-state index in [0.717, 1.165) is 5.69 Å². The van der Waals surface area contributed by atoms with Crippen LogP contribution in [-0.4, -0.2) is 36.8 Å². The Hall–Kier alpha value is -2.57. The Kier molecular flexibility index (Phi) is 3.70. The first-order valence-corrected chi connectivity index (χ1v) is 6.94. The Labute approximate surface area is 127 Å². The molecule has 0 saturated carbocycles. The minimum Gasteiger partial charge on any atom is -0.497 e. The van der Waals surface area contributed by atoms with Gasteiger partial charge in [-0.1, -0.05) is 5.16 Å². The van der Waals surface area contributed by atoms with E-state index in [2.05, 4.69) is 10.1 Å². The number of benzene rings is 1. The Morgan fingerprint density at radius 2 is 1.91 bits per heavy atom. The fourth-order valence-corrected chi connectivity index (χ4v) is 2.56. The second kappa shape index (κ2) is 5.67. The van der Waals surface area contributed by atoms with Gasteiger partial charge in [0.2, 0.25) is 11.8 Å². The molecule has 116 valence electrons. The third-order valence-corrected chi connectivity index (χ3v) is 3.68. The van der Waals surface area contributed by atoms with Crippen LogP contribution in [0.5, 0.6) is 11.5 Å². The molecular formula is C15H17N3O4. The van der Waals surface area contributed by atoms with Crippen molar-refractivity contribution in [3.63, 3.8) is 0 Å². The van der Waals surface area contributed by atoms with E-state index < -0.39 is 0 Å². The van der Waals surface area contributed by atoms with Crippen LogP contribution in [0.3, 0.4) is 0 Å². The summed E-state index contributed by atoms with van der Waals surface area (Å²) in [6.45, 7) is 2.24. The van der Waals surface area contributed by atoms with Crippen molar-refractivity contribution in [3.8, 4) is 11.5 Å². The zero-order valence-corrected chi connectivity index (χ0v) is 12.7. The molecule has 1 fully saturated rings. The monoisotopic (exact) mass is 303 g/mol. The lowest BCUT2D eigenvalue weighted by Gasteiger charge is -2.18. The minimum atomic E-state index is -0.0675. The van der Waals surface area contributed by atoms with Crippen LogP contribution < -0.4 is 14.4 Å². The summed E-state index contributed by atoms with van der Waals surface area (Å²) >= 11 is 0. The van der Waals surface area contributed by atoms with Gasteiger partial charge in [0, 0.05) is 44.0 Å². The first-order chi connectivity index (χ1) is 10.6. The molecule has 1 aliphatic heterocycles. The normalized spacial score (nSPS) is 17.9. The summed E-state index contributed by atoms with van der Waals surface area (Å²) in [4.78, 5) is 18.2. The molecule has 1 aliphatic rings. The molecule has 3 rings (SSSR count). The SMILES string of the molecule is COc1cc(OC)cc(N2CC(c3noc(C)n3)CC2=O)c1. The summed E-state index contributed by atoms with van der Waals surface area (Å²) in [5.74, 6) is 2.30. The van der Waals surface area contributed by atoms with Crippen molar-refractivity contribution in [2.75, 3.05) is 25.7 Å². The van der Waals surface area contributed by atoms with Crippen LogP contribution in [0.25, 0.3) is 0 Å². The molecule has 1 aromatic carbocycles. The van der Waals surface area contributed by atoms with Crippen molar-refractivity contribution in [2.45, 2.75) is 19.3 Å². The lowest BCUT2D eigenvalue weighted by Crippen LogP contribution is -2.24. The van der Waals surface area contributed by atoms with Gasteiger partial charge < -0.3 is 18.9 Å². The average Bonchev–Trinajstić information content (AvgIpc) is 3.12. The Morgan fingerprint density at radius 1 is 1.23 bits per heavy atom. The topological polar surface area (TPSA) is 77.7 Å². The van der Waals surface area contributed by atoms with E-state index >= 15 is 0 Å². The highest BCUT2D eigenvalue weighted by Gasteiger charge is 2.34. The number of hydrogen-bond donors (Lipinski definition) is 0. The molecule has 1 aromatic heterocycles. The van der Waals surface area contributed by atoms with Gasteiger partial charge in [0.25, 0.3) is 0 Å². The standard InChI is InChI=1S/C15H17N3O4/c1-9-16-15(17-22-9)10-4-14(19)18(8-10)11-5-12(20-2)7-13(6-11)21-3/h5-7,10H,4,8H2,1-3H3. The van der Waals surface area contributed by atoms with Crippen molar-refractivity contribution in [1.82, 2.24) is 10.1 Å². The number of aromatic nitrogens is 2. The van der Waals surface area contributed by atoms with Gasteiger partial charge in [0.05, 0.1) is 19.9 Å². The smallest absolute Gasteiger partial charge is 0.227 e. The Bertz CT molecular complexity index is 676. The maximum Gasteiger partial charge on any atom is 0.227 e. The molecule has 1 atom stereocenters. The van der Waals surface area contributed by atoms with Crippen LogP contribution in [0.2, 0.25) is 0 Å². The van der Waals surface area contributed by atoms with Gasteiger partial charge in [-0.05, 0) is 0 Å². The molecule has 0 bridgehead atoms. The molecular weight excluding hydrogens is 286 g/mol. The van der Waals surface area contributed by atoms with Gasteiger partial charge in [-0.2, -0.15) is 4.98 Å². The Morgan fingerprint density at radius 3 is 2.45 bits per heavy atom. The van der Waals surface area contributed by atoms with E-state index in [1.165, 1.54) is 0 Å². The summed E-state index contributed by atoms with van der Waals surface area (Å²) in [5.41, 5.74) is 0.740. The number of carbonyl (C=O) groups excluding carboxylic acids is 1.